The minimum Gasteiger partial charge on any atom is -0.397 e. The highest BCUT2D eigenvalue weighted by Gasteiger charge is 2.34. The summed E-state index contributed by atoms with van der Waals surface area (Å²) in [5, 5.41) is 0.0161. The molecule has 0 spiro atoms. The number of nitrogens with two attached hydrogens (primary N) is 2. The standard InChI is InChI=1S/C19H22ClFN4/c1-10-14-7-16(21)18(6-11-4-12(8-22)15(20)5-11)24-19(14)25(9-17(10)23)13-2-3-13/h6-7,9,12-13,15H,1-5,8,22-23H2/b11-6+. The first-order chi connectivity index (χ1) is 12.0. The largest absolute Gasteiger partial charge is 0.397 e. The number of aromatic nitrogens is 1. The van der Waals surface area contributed by atoms with Crippen molar-refractivity contribution in [3.05, 3.63) is 47.2 Å². The second-order valence-corrected chi connectivity index (χ2v) is 7.71. The van der Waals surface area contributed by atoms with Crippen molar-refractivity contribution in [2.75, 3.05) is 11.4 Å². The fraction of sp³-hybridized carbons (Fsp3) is 0.421. The molecule has 4 nitrogen and oxygen atoms in total. The molecule has 0 bridgehead atoms. The van der Waals surface area contributed by atoms with E-state index >= 15 is 0 Å². The average molecular weight is 361 g/mol. The molecule has 0 amide bonds. The van der Waals surface area contributed by atoms with Gasteiger partial charge >= 0.3 is 0 Å². The van der Waals surface area contributed by atoms with E-state index in [4.69, 9.17) is 23.1 Å². The van der Waals surface area contributed by atoms with Gasteiger partial charge < -0.3 is 16.4 Å². The number of halogens is 2. The molecule has 4 N–H and O–H groups in total. The lowest BCUT2D eigenvalue weighted by molar-refractivity contribution is 0.576. The number of hydrogen-bond donors (Lipinski definition) is 2. The number of rotatable bonds is 3. The van der Waals surface area contributed by atoms with Gasteiger partial charge in [0.15, 0.2) is 0 Å². The molecule has 2 saturated carbocycles. The quantitative estimate of drug-likeness (QED) is 0.811. The number of anilines is 1. The second-order valence-electron chi connectivity index (χ2n) is 7.15. The Labute approximate surface area is 152 Å². The van der Waals surface area contributed by atoms with Crippen molar-refractivity contribution < 1.29 is 4.39 Å². The lowest BCUT2D eigenvalue weighted by atomic mass is 10.0. The predicted molar refractivity (Wildman–Crippen MR) is 100 cm³/mol. The zero-order valence-electron chi connectivity index (χ0n) is 14.0. The molecule has 0 radical (unpaired) electrons. The molecule has 3 aliphatic rings. The van der Waals surface area contributed by atoms with Gasteiger partial charge in [0.2, 0.25) is 0 Å². The Balaban J connectivity index is 1.73. The minimum atomic E-state index is -0.361. The van der Waals surface area contributed by atoms with E-state index in [0.29, 0.717) is 35.1 Å². The molecule has 4 rings (SSSR count). The highest BCUT2D eigenvalue weighted by Crippen LogP contribution is 2.41. The molecular formula is C19H22ClFN4. The monoisotopic (exact) mass is 360 g/mol. The normalized spacial score (nSPS) is 27.6. The topological polar surface area (TPSA) is 68.2 Å². The summed E-state index contributed by atoms with van der Waals surface area (Å²) in [6.45, 7) is 4.53. The smallest absolute Gasteiger partial charge is 0.149 e. The van der Waals surface area contributed by atoms with Crippen LogP contribution >= 0.6 is 11.6 Å². The van der Waals surface area contributed by atoms with Gasteiger partial charge in [-0.05, 0) is 50.3 Å². The molecule has 2 aliphatic carbocycles. The van der Waals surface area contributed by atoms with Crippen molar-refractivity contribution in [1.29, 1.82) is 0 Å². The van der Waals surface area contributed by atoms with E-state index in [9.17, 15) is 4.39 Å². The number of allylic oxidation sites excluding steroid dienone is 2. The van der Waals surface area contributed by atoms with Gasteiger partial charge in [-0.2, -0.15) is 0 Å². The summed E-state index contributed by atoms with van der Waals surface area (Å²) in [6.07, 6.45) is 7.42. The lowest BCUT2D eigenvalue weighted by Crippen LogP contribution is -2.27. The maximum atomic E-state index is 14.7. The maximum Gasteiger partial charge on any atom is 0.149 e. The molecule has 132 valence electrons. The third-order valence-corrected chi connectivity index (χ3v) is 5.77. The van der Waals surface area contributed by atoms with Crippen LogP contribution in [0.2, 0.25) is 0 Å². The summed E-state index contributed by atoms with van der Waals surface area (Å²) in [4.78, 5) is 6.68. The number of fused-ring (bicyclic) bond motifs is 1. The van der Waals surface area contributed by atoms with Gasteiger partial charge in [0.1, 0.15) is 17.3 Å². The number of nitrogens with zero attached hydrogens (tertiary/aromatic N) is 2. The minimum absolute atomic E-state index is 0.0161. The van der Waals surface area contributed by atoms with Gasteiger partial charge in [0.05, 0.1) is 5.70 Å². The molecule has 2 atom stereocenters. The average Bonchev–Trinajstić information content (AvgIpc) is 3.36. The summed E-state index contributed by atoms with van der Waals surface area (Å²) in [7, 11) is 0. The van der Waals surface area contributed by atoms with Crippen LogP contribution in [-0.2, 0) is 0 Å². The summed E-state index contributed by atoms with van der Waals surface area (Å²) in [5.74, 6) is 0.630. The Bertz CT molecular complexity index is 797. The van der Waals surface area contributed by atoms with Crippen molar-refractivity contribution in [1.82, 2.24) is 4.98 Å². The van der Waals surface area contributed by atoms with Crippen molar-refractivity contribution in [3.63, 3.8) is 0 Å². The molecule has 2 heterocycles. The first-order valence-electron chi connectivity index (χ1n) is 8.67. The zero-order valence-corrected chi connectivity index (χ0v) is 14.8. The van der Waals surface area contributed by atoms with E-state index in [1.54, 1.807) is 0 Å². The molecule has 25 heavy (non-hydrogen) atoms. The van der Waals surface area contributed by atoms with Crippen LogP contribution in [0.1, 0.15) is 36.9 Å². The molecule has 1 aromatic heterocycles. The van der Waals surface area contributed by atoms with Gasteiger partial charge in [-0.25, -0.2) is 9.37 Å². The van der Waals surface area contributed by atoms with E-state index in [1.807, 2.05) is 12.3 Å². The van der Waals surface area contributed by atoms with Crippen LogP contribution in [0.15, 0.2) is 30.1 Å². The number of pyridine rings is 1. The molecule has 6 heteroatoms. The molecule has 2 fully saturated rings. The predicted octanol–water partition coefficient (Wildman–Crippen LogP) is 3.38. The van der Waals surface area contributed by atoms with Gasteiger partial charge in [0, 0.05) is 28.8 Å². The van der Waals surface area contributed by atoms with Crippen molar-refractivity contribution in [3.8, 4) is 0 Å². The Hall–Kier alpha value is -1.85. The Morgan fingerprint density at radius 3 is 2.80 bits per heavy atom. The lowest BCUT2D eigenvalue weighted by Gasteiger charge is -2.28. The number of hydrogen-bond acceptors (Lipinski definition) is 4. The Morgan fingerprint density at radius 1 is 1.40 bits per heavy atom. The van der Waals surface area contributed by atoms with E-state index in [-0.39, 0.29) is 17.1 Å². The molecule has 0 aromatic carbocycles. The molecule has 1 aromatic rings. The highest BCUT2D eigenvalue weighted by molar-refractivity contribution is 6.21. The van der Waals surface area contributed by atoms with E-state index in [2.05, 4.69) is 16.5 Å². The molecular weight excluding hydrogens is 339 g/mol. The van der Waals surface area contributed by atoms with Crippen molar-refractivity contribution in [2.24, 2.45) is 17.4 Å². The molecule has 2 unspecified atom stereocenters. The van der Waals surface area contributed by atoms with Crippen molar-refractivity contribution in [2.45, 2.75) is 37.1 Å². The molecule has 1 aliphatic heterocycles. The zero-order chi connectivity index (χ0) is 17.7. The third-order valence-electron chi connectivity index (χ3n) is 5.26. The van der Waals surface area contributed by atoms with Gasteiger partial charge in [-0.3, -0.25) is 0 Å². The van der Waals surface area contributed by atoms with E-state index < -0.39 is 0 Å². The first-order valence-corrected chi connectivity index (χ1v) is 9.11. The van der Waals surface area contributed by atoms with Crippen LogP contribution in [0, 0.1) is 11.7 Å². The summed E-state index contributed by atoms with van der Waals surface area (Å²) in [5.41, 5.74) is 15.1. The van der Waals surface area contributed by atoms with E-state index in [1.165, 1.54) is 6.07 Å². The van der Waals surface area contributed by atoms with Crippen LogP contribution in [-0.4, -0.2) is 22.9 Å². The Kier molecular flexibility index (Phi) is 4.08. The SMILES string of the molecule is C=C1C(N)=CN(C2CC2)c2nc(/C=C3/CC(Cl)C(CN)C3)c(F)cc21. The van der Waals surface area contributed by atoms with Gasteiger partial charge in [-0.1, -0.05) is 12.2 Å². The van der Waals surface area contributed by atoms with Crippen LogP contribution < -0.4 is 16.4 Å². The van der Waals surface area contributed by atoms with Crippen LogP contribution in [0.25, 0.3) is 11.6 Å². The highest BCUT2D eigenvalue weighted by atomic mass is 35.5. The summed E-state index contributed by atoms with van der Waals surface area (Å²) < 4.78 is 14.7. The van der Waals surface area contributed by atoms with Crippen LogP contribution in [0.5, 0.6) is 0 Å². The maximum absolute atomic E-state index is 14.7. The van der Waals surface area contributed by atoms with Crippen LogP contribution in [0.3, 0.4) is 0 Å². The second kappa shape index (κ2) is 6.15. The van der Waals surface area contributed by atoms with Crippen molar-refractivity contribution >= 4 is 29.1 Å². The van der Waals surface area contributed by atoms with Crippen LogP contribution in [0.4, 0.5) is 10.2 Å². The third kappa shape index (κ3) is 2.96. The Morgan fingerprint density at radius 2 is 2.16 bits per heavy atom. The van der Waals surface area contributed by atoms with Gasteiger partial charge in [0.25, 0.3) is 0 Å². The fourth-order valence-corrected chi connectivity index (χ4v) is 3.99. The summed E-state index contributed by atoms with van der Waals surface area (Å²) >= 11 is 6.33. The first kappa shape index (κ1) is 16.6. The fourth-order valence-electron chi connectivity index (χ4n) is 3.60. The van der Waals surface area contributed by atoms with Gasteiger partial charge in [-0.15, -0.1) is 11.6 Å². The molecule has 0 saturated heterocycles. The summed E-state index contributed by atoms with van der Waals surface area (Å²) in [6, 6.07) is 1.89. The number of alkyl halides is 1. The van der Waals surface area contributed by atoms with E-state index in [0.717, 1.165) is 37.1 Å².